The van der Waals surface area contributed by atoms with Gasteiger partial charge in [-0.3, -0.25) is 4.79 Å². The van der Waals surface area contributed by atoms with Crippen LogP contribution in [0.5, 0.6) is 0 Å². The van der Waals surface area contributed by atoms with Gasteiger partial charge in [0.1, 0.15) is 0 Å². The van der Waals surface area contributed by atoms with E-state index >= 15 is 0 Å². The molecule has 0 unspecified atom stereocenters. The van der Waals surface area contributed by atoms with Gasteiger partial charge in [-0.2, -0.15) is 0 Å². The Bertz CT molecular complexity index is 592. The summed E-state index contributed by atoms with van der Waals surface area (Å²) in [6.07, 6.45) is 8.10. The highest BCUT2D eigenvalue weighted by molar-refractivity contribution is 6.43. The highest BCUT2D eigenvalue weighted by atomic mass is 35.5. The summed E-state index contributed by atoms with van der Waals surface area (Å²) < 4.78 is 0. The molecular weight excluding hydrogens is 308 g/mol. The monoisotopic (exact) mass is 336 g/mol. The fourth-order valence-electron chi connectivity index (χ4n) is 6.89. The number of aliphatic hydroxyl groups is 1. The van der Waals surface area contributed by atoms with Crippen LogP contribution in [0.15, 0.2) is 10.6 Å². The lowest BCUT2D eigenvalue weighted by Gasteiger charge is -2.59. The fraction of sp³-hybridized carbons (Fsp3) is 0.850. The Morgan fingerprint density at radius 3 is 2.43 bits per heavy atom. The second-order valence-electron chi connectivity index (χ2n) is 9.32. The van der Waals surface area contributed by atoms with E-state index in [1.165, 1.54) is 12.0 Å². The molecule has 6 atom stereocenters. The highest BCUT2D eigenvalue weighted by Gasteiger charge is 2.62. The lowest BCUT2D eigenvalue weighted by atomic mass is 9.46. The van der Waals surface area contributed by atoms with Crippen LogP contribution in [0.1, 0.15) is 72.1 Å². The molecule has 23 heavy (non-hydrogen) atoms. The lowest BCUT2D eigenvalue weighted by molar-refractivity contribution is -0.124. The third kappa shape index (κ3) is 1.94. The van der Waals surface area contributed by atoms with E-state index in [0.29, 0.717) is 29.2 Å². The van der Waals surface area contributed by atoms with Gasteiger partial charge in [0.25, 0.3) is 0 Å². The Morgan fingerprint density at radius 1 is 1.00 bits per heavy atom. The van der Waals surface area contributed by atoms with Crippen molar-refractivity contribution in [2.24, 2.45) is 28.6 Å². The van der Waals surface area contributed by atoms with Crippen molar-refractivity contribution in [1.29, 1.82) is 0 Å². The molecule has 0 spiro atoms. The van der Waals surface area contributed by atoms with Crippen molar-refractivity contribution in [3.63, 3.8) is 0 Å². The van der Waals surface area contributed by atoms with Crippen LogP contribution in [-0.4, -0.2) is 16.5 Å². The number of allylic oxidation sites excluding steroid dienone is 1. The van der Waals surface area contributed by atoms with E-state index < -0.39 is 5.60 Å². The summed E-state index contributed by atoms with van der Waals surface area (Å²) in [5.41, 5.74) is 0.925. The predicted octanol–water partition coefficient (Wildman–Crippen LogP) is 4.84. The first-order valence-corrected chi connectivity index (χ1v) is 9.73. The largest absolute Gasteiger partial charge is 0.390 e. The third-order valence-electron chi connectivity index (χ3n) is 8.62. The molecule has 128 valence electrons. The van der Waals surface area contributed by atoms with E-state index in [4.69, 9.17) is 11.6 Å². The molecule has 0 aromatic rings. The number of halogens is 1. The second kappa shape index (κ2) is 4.85. The minimum Gasteiger partial charge on any atom is -0.390 e. The number of carbonyl (C=O) groups excluding carboxylic acids is 1. The smallest absolute Gasteiger partial charge is 0.174 e. The topological polar surface area (TPSA) is 37.3 Å². The van der Waals surface area contributed by atoms with Gasteiger partial charge in [0.05, 0.1) is 10.6 Å². The molecule has 0 bridgehead atoms. The van der Waals surface area contributed by atoms with Crippen LogP contribution in [0.2, 0.25) is 0 Å². The average Bonchev–Trinajstić information content (AvgIpc) is 2.74. The molecule has 4 rings (SSSR count). The molecule has 2 nitrogen and oxygen atoms in total. The average molecular weight is 337 g/mol. The van der Waals surface area contributed by atoms with Gasteiger partial charge in [-0.05, 0) is 86.0 Å². The number of Topliss-reactive ketones (excluding diaryl/α,β-unsaturated/α-hetero) is 1. The molecule has 3 saturated carbocycles. The molecule has 0 aromatic heterocycles. The number of fused-ring (bicyclic) bond motifs is 5. The van der Waals surface area contributed by atoms with Crippen LogP contribution in [0, 0.1) is 28.6 Å². The summed E-state index contributed by atoms with van der Waals surface area (Å²) in [7, 11) is 0. The number of hydrogen-bond donors (Lipinski definition) is 1. The molecule has 0 aliphatic heterocycles. The normalized spacial score (nSPS) is 52.9. The second-order valence-corrected chi connectivity index (χ2v) is 9.70. The molecule has 0 heterocycles. The Kier molecular flexibility index (Phi) is 3.40. The van der Waals surface area contributed by atoms with E-state index in [2.05, 4.69) is 20.8 Å². The van der Waals surface area contributed by atoms with Crippen molar-refractivity contribution >= 4 is 17.4 Å². The van der Waals surface area contributed by atoms with Crippen LogP contribution < -0.4 is 0 Å². The van der Waals surface area contributed by atoms with Crippen LogP contribution in [0.25, 0.3) is 0 Å². The van der Waals surface area contributed by atoms with Gasteiger partial charge in [-0.15, -0.1) is 0 Å². The summed E-state index contributed by atoms with van der Waals surface area (Å²) in [5.74, 6) is 2.11. The zero-order chi connectivity index (χ0) is 16.6. The molecule has 0 aromatic carbocycles. The number of hydrogen-bond acceptors (Lipinski definition) is 2. The number of carbonyl (C=O) groups is 1. The van der Waals surface area contributed by atoms with Crippen molar-refractivity contribution in [2.45, 2.75) is 77.7 Å². The maximum atomic E-state index is 12.0. The summed E-state index contributed by atoms with van der Waals surface area (Å²) in [5, 5.41) is 11.5. The van der Waals surface area contributed by atoms with Crippen molar-refractivity contribution in [1.82, 2.24) is 0 Å². The van der Waals surface area contributed by atoms with Crippen LogP contribution >= 0.6 is 11.6 Å². The summed E-state index contributed by atoms with van der Waals surface area (Å²) in [6, 6.07) is 0. The molecular formula is C20H29ClO2. The van der Waals surface area contributed by atoms with Gasteiger partial charge in [-0.25, -0.2) is 0 Å². The molecule has 1 N–H and O–H groups in total. The molecule has 3 fully saturated rings. The Labute approximate surface area is 144 Å². The standard InChI is InChI=1S/C20H29ClO2/c1-18-9-8-16(22)17(21)15(18)5-4-12-13(18)6-10-19(2)14(12)7-11-20(19,3)23/h12-14,23H,4-11H2,1-3H3/t12-,13+,14+,18-,19-,20+/m0/s1. The highest BCUT2D eigenvalue weighted by Crippen LogP contribution is 2.67. The molecule has 0 amide bonds. The van der Waals surface area contributed by atoms with Gasteiger partial charge >= 0.3 is 0 Å². The van der Waals surface area contributed by atoms with Crippen molar-refractivity contribution in [2.75, 3.05) is 0 Å². The first-order chi connectivity index (χ1) is 10.7. The molecule has 0 saturated heterocycles. The van der Waals surface area contributed by atoms with Gasteiger partial charge < -0.3 is 5.11 Å². The van der Waals surface area contributed by atoms with Crippen molar-refractivity contribution in [3.05, 3.63) is 10.6 Å². The van der Waals surface area contributed by atoms with E-state index in [9.17, 15) is 9.90 Å². The van der Waals surface area contributed by atoms with Crippen molar-refractivity contribution < 1.29 is 9.90 Å². The molecule has 4 aliphatic rings. The van der Waals surface area contributed by atoms with Crippen molar-refractivity contribution in [3.8, 4) is 0 Å². The minimum absolute atomic E-state index is 0.0695. The summed E-state index contributed by atoms with van der Waals surface area (Å²) in [4.78, 5) is 12.0. The van der Waals surface area contributed by atoms with E-state index in [1.807, 2.05) is 0 Å². The van der Waals surface area contributed by atoms with Crippen LogP contribution in [0.3, 0.4) is 0 Å². The predicted molar refractivity (Wildman–Crippen MR) is 92.1 cm³/mol. The first-order valence-electron chi connectivity index (χ1n) is 9.35. The Morgan fingerprint density at radius 2 is 1.70 bits per heavy atom. The zero-order valence-corrected chi connectivity index (χ0v) is 15.4. The third-order valence-corrected chi connectivity index (χ3v) is 9.05. The first kappa shape index (κ1) is 16.1. The minimum atomic E-state index is -0.514. The van der Waals surface area contributed by atoms with Crippen LogP contribution in [0.4, 0.5) is 0 Å². The Hall–Kier alpha value is -0.340. The molecule has 0 radical (unpaired) electrons. The van der Waals surface area contributed by atoms with E-state index in [0.717, 1.165) is 38.5 Å². The summed E-state index contributed by atoms with van der Waals surface area (Å²) >= 11 is 6.44. The number of rotatable bonds is 0. The number of ketones is 1. The van der Waals surface area contributed by atoms with Gasteiger partial charge in [0, 0.05) is 6.42 Å². The molecule has 3 heteroatoms. The van der Waals surface area contributed by atoms with Crippen LogP contribution in [-0.2, 0) is 4.79 Å². The SMILES string of the molecule is C[C@]12CC[C@@H]3[C@H](CCC4=C(Cl)C(=O)CC[C@]43C)[C@H]1CC[C@@]2(C)O. The lowest BCUT2D eigenvalue weighted by Crippen LogP contribution is -2.54. The van der Waals surface area contributed by atoms with Gasteiger partial charge in [-0.1, -0.05) is 25.4 Å². The molecule has 4 aliphatic carbocycles. The maximum Gasteiger partial charge on any atom is 0.174 e. The maximum absolute atomic E-state index is 12.0. The van der Waals surface area contributed by atoms with Gasteiger partial charge in [0.15, 0.2) is 5.78 Å². The fourth-order valence-corrected chi connectivity index (χ4v) is 7.30. The zero-order valence-electron chi connectivity index (χ0n) is 14.6. The Balaban J connectivity index is 1.72. The quantitative estimate of drug-likeness (QED) is 0.687. The van der Waals surface area contributed by atoms with E-state index in [1.54, 1.807) is 0 Å². The summed E-state index contributed by atoms with van der Waals surface area (Å²) in [6.45, 7) is 6.75. The van der Waals surface area contributed by atoms with Gasteiger partial charge in [0.2, 0.25) is 0 Å². The van der Waals surface area contributed by atoms with E-state index in [-0.39, 0.29) is 16.6 Å².